The highest BCUT2D eigenvalue weighted by atomic mass is 15.1. The van der Waals surface area contributed by atoms with E-state index >= 15 is 0 Å². The maximum absolute atomic E-state index is 9.08. The van der Waals surface area contributed by atoms with Crippen LogP contribution in [-0.2, 0) is 7.05 Å². The number of nitriles is 1. The van der Waals surface area contributed by atoms with E-state index in [0.29, 0.717) is 11.4 Å². The first-order chi connectivity index (χ1) is 12.2. The van der Waals surface area contributed by atoms with Crippen LogP contribution in [0.4, 0.5) is 5.82 Å². The summed E-state index contributed by atoms with van der Waals surface area (Å²) in [5, 5.41) is 9.08. The molecule has 0 aliphatic carbocycles. The number of aryl methyl sites for hydroxylation is 1. The van der Waals surface area contributed by atoms with Crippen molar-refractivity contribution in [2.45, 2.75) is 0 Å². The SMILES string of the molecule is Cn1c(-c2cccnc2N)nc2ccc(-c3cccc(C#N)c3)nc21. The van der Waals surface area contributed by atoms with Crippen molar-refractivity contribution in [1.82, 2.24) is 19.5 Å². The standard InChI is InChI=1S/C19H14N6/c1-25-18(14-6-3-9-22-17(14)21)24-16-8-7-15(23-19(16)25)13-5-2-4-12(10-13)11-20/h2-10H,1H3,(H2,21,22). The lowest BCUT2D eigenvalue weighted by atomic mass is 10.1. The van der Waals surface area contributed by atoms with Gasteiger partial charge in [-0.25, -0.2) is 15.0 Å². The van der Waals surface area contributed by atoms with Crippen molar-refractivity contribution in [3.05, 3.63) is 60.3 Å². The Hall–Kier alpha value is -3.72. The molecule has 0 unspecified atom stereocenters. The van der Waals surface area contributed by atoms with Gasteiger partial charge >= 0.3 is 0 Å². The minimum Gasteiger partial charge on any atom is -0.383 e. The van der Waals surface area contributed by atoms with Gasteiger partial charge in [-0.1, -0.05) is 12.1 Å². The molecule has 4 rings (SSSR count). The zero-order valence-corrected chi connectivity index (χ0v) is 13.5. The van der Waals surface area contributed by atoms with E-state index in [1.807, 2.05) is 54.1 Å². The van der Waals surface area contributed by atoms with Gasteiger partial charge in [0.25, 0.3) is 0 Å². The van der Waals surface area contributed by atoms with E-state index in [-0.39, 0.29) is 0 Å². The van der Waals surface area contributed by atoms with Crippen LogP contribution in [0.25, 0.3) is 33.8 Å². The quantitative estimate of drug-likeness (QED) is 0.611. The first-order valence-corrected chi connectivity index (χ1v) is 7.72. The molecule has 4 aromatic rings. The molecule has 0 aliphatic heterocycles. The third-order valence-corrected chi connectivity index (χ3v) is 4.08. The highest BCUT2D eigenvalue weighted by molar-refractivity contribution is 5.82. The van der Waals surface area contributed by atoms with Gasteiger partial charge in [-0.05, 0) is 36.4 Å². The van der Waals surface area contributed by atoms with E-state index in [2.05, 4.69) is 16.0 Å². The number of imidazole rings is 1. The molecule has 0 spiro atoms. The minimum absolute atomic E-state index is 0.433. The van der Waals surface area contributed by atoms with Crippen molar-refractivity contribution in [2.24, 2.45) is 7.05 Å². The third-order valence-electron chi connectivity index (χ3n) is 4.08. The number of rotatable bonds is 2. The summed E-state index contributed by atoms with van der Waals surface area (Å²) >= 11 is 0. The summed E-state index contributed by atoms with van der Waals surface area (Å²) in [6.45, 7) is 0. The molecule has 3 aromatic heterocycles. The number of pyridine rings is 2. The second-order valence-electron chi connectivity index (χ2n) is 5.66. The Balaban J connectivity index is 1.88. The van der Waals surface area contributed by atoms with E-state index in [1.165, 1.54) is 0 Å². The fourth-order valence-corrected chi connectivity index (χ4v) is 2.82. The van der Waals surface area contributed by atoms with E-state index in [1.54, 1.807) is 12.3 Å². The summed E-state index contributed by atoms with van der Waals surface area (Å²) in [7, 11) is 1.90. The summed E-state index contributed by atoms with van der Waals surface area (Å²) in [6, 6.07) is 17.1. The van der Waals surface area contributed by atoms with Gasteiger partial charge < -0.3 is 10.3 Å². The van der Waals surface area contributed by atoms with E-state index in [4.69, 9.17) is 16.0 Å². The molecule has 0 aliphatic rings. The third kappa shape index (κ3) is 2.48. The minimum atomic E-state index is 0.433. The van der Waals surface area contributed by atoms with Crippen LogP contribution in [0.1, 0.15) is 5.56 Å². The summed E-state index contributed by atoms with van der Waals surface area (Å²) in [4.78, 5) is 13.5. The van der Waals surface area contributed by atoms with Gasteiger partial charge in [-0.3, -0.25) is 0 Å². The number of benzene rings is 1. The lowest BCUT2D eigenvalue weighted by Gasteiger charge is -2.05. The Bertz CT molecular complexity index is 1140. The predicted molar refractivity (Wildman–Crippen MR) is 96.3 cm³/mol. The van der Waals surface area contributed by atoms with Crippen molar-refractivity contribution in [3.63, 3.8) is 0 Å². The summed E-state index contributed by atoms with van der Waals surface area (Å²) in [5.41, 5.74) is 10.6. The lowest BCUT2D eigenvalue weighted by Crippen LogP contribution is -1.99. The molecule has 0 atom stereocenters. The van der Waals surface area contributed by atoms with Crippen LogP contribution >= 0.6 is 0 Å². The van der Waals surface area contributed by atoms with Crippen LogP contribution in [-0.4, -0.2) is 19.5 Å². The Labute approximate surface area is 144 Å². The van der Waals surface area contributed by atoms with Gasteiger partial charge in [-0.15, -0.1) is 0 Å². The molecule has 6 nitrogen and oxygen atoms in total. The van der Waals surface area contributed by atoms with Gasteiger partial charge in [0, 0.05) is 18.8 Å². The number of nitrogen functional groups attached to an aromatic ring is 1. The van der Waals surface area contributed by atoms with Crippen LogP contribution < -0.4 is 5.73 Å². The van der Waals surface area contributed by atoms with Crippen molar-refractivity contribution < 1.29 is 0 Å². The lowest BCUT2D eigenvalue weighted by molar-refractivity contribution is 0.942. The molecule has 2 N–H and O–H groups in total. The van der Waals surface area contributed by atoms with Crippen molar-refractivity contribution in [3.8, 4) is 28.7 Å². The van der Waals surface area contributed by atoms with Gasteiger partial charge in [0.2, 0.25) is 0 Å². The zero-order valence-electron chi connectivity index (χ0n) is 13.5. The first-order valence-electron chi connectivity index (χ1n) is 7.72. The summed E-state index contributed by atoms with van der Waals surface area (Å²) in [5.74, 6) is 1.15. The summed E-state index contributed by atoms with van der Waals surface area (Å²) < 4.78 is 1.90. The van der Waals surface area contributed by atoms with Crippen LogP contribution in [0.3, 0.4) is 0 Å². The average Bonchev–Trinajstić information content (AvgIpc) is 2.98. The Morgan fingerprint density at radius 1 is 1.08 bits per heavy atom. The normalized spacial score (nSPS) is 10.7. The first kappa shape index (κ1) is 14.8. The van der Waals surface area contributed by atoms with Crippen LogP contribution in [0.15, 0.2) is 54.7 Å². The molecule has 0 radical (unpaired) electrons. The second kappa shape index (κ2) is 5.73. The van der Waals surface area contributed by atoms with Gasteiger partial charge in [-0.2, -0.15) is 5.26 Å². The molecule has 0 amide bonds. The smallest absolute Gasteiger partial charge is 0.160 e. The number of aromatic nitrogens is 4. The highest BCUT2D eigenvalue weighted by Crippen LogP contribution is 2.27. The second-order valence-corrected chi connectivity index (χ2v) is 5.66. The highest BCUT2D eigenvalue weighted by Gasteiger charge is 2.14. The molecule has 3 heterocycles. The molecule has 0 saturated heterocycles. The molecular weight excluding hydrogens is 312 g/mol. The van der Waals surface area contributed by atoms with Gasteiger partial charge in [0.1, 0.15) is 17.2 Å². The largest absolute Gasteiger partial charge is 0.383 e. The maximum atomic E-state index is 9.08. The van der Waals surface area contributed by atoms with E-state index in [0.717, 1.165) is 33.8 Å². The Kier molecular flexibility index (Phi) is 3.40. The molecule has 6 heteroatoms. The topological polar surface area (TPSA) is 93.4 Å². The molecule has 0 saturated carbocycles. The van der Waals surface area contributed by atoms with E-state index < -0.39 is 0 Å². The molecular formula is C19H14N6. The number of hydrogen-bond donors (Lipinski definition) is 1. The van der Waals surface area contributed by atoms with Crippen molar-refractivity contribution in [2.75, 3.05) is 5.73 Å². The molecule has 25 heavy (non-hydrogen) atoms. The monoisotopic (exact) mass is 326 g/mol. The van der Waals surface area contributed by atoms with E-state index in [9.17, 15) is 0 Å². The van der Waals surface area contributed by atoms with Crippen LogP contribution in [0, 0.1) is 11.3 Å². The summed E-state index contributed by atoms with van der Waals surface area (Å²) in [6.07, 6.45) is 1.65. The van der Waals surface area contributed by atoms with Gasteiger partial charge in [0.05, 0.1) is 22.9 Å². The fourth-order valence-electron chi connectivity index (χ4n) is 2.82. The number of fused-ring (bicyclic) bond motifs is 1. The predicted octanol–water partition coefficient (Wildman–Crippen LogP) is 3.15. The van der Waals surface area contributed by atoms with Crippen molar-refractivity contribution in [1.29, 1.82) is 5.26 Å². The number of nitrogens with two attached hydrogens (primary N) is 1. The maximum Gasteiger partial charge on any atom is 0.160 e. The van der Waals surface area contributed by atoms with Crippen LogP contribution in [0.5, 0.6) is 0 Å². The van der Waals surface area contributed by atoms with Crippen molar-refractivity contribution >= 4 is 17.0 Å². The van der Waals surface area contributed by atoms with Gasteiger partial charge in [0.15, 0.2) is 5.65 Å². The van der Waals surface area contributed by atoms with Crippen LogP contribution in [0.2, 0.25) is 0 Å². The molecule has 120 valence electrons. The zero-order chi connectivity index (χ0) is 17.4. The number of anilines is 1. The number of nitrogens with zero attached hydrogens (tertiary/aromatic N) is 5. The molecule has 0 fully saturated rings. The Morgan fingerprint density at radius 3 is 2.76 bits per heavy atom. The Morgan fingerprint density at radius 2 is 1.96 bits per heavy atom. The average molecular weight is 326 g/mol. The number of hydrogen-bond acceptors (Lipinski definition) is 5. The fraction of sp³-hybridized carbons (Fsp3) is 0.0526. The molecule has 1 aromatic carbocycles. The molecule has 0 bridgehead atoms.